The lowest BCUT2D eigenvalue weighted by molar-refractivity contribution is 0.470. The molecule has 0 aliphatic carbocycles. The number of benzene rings is 1. The van der Waals surface area contributed by atoms with Crippen LogP contribution >= 0.6 is 0 Å². The van der Waals surface area contributed by atoms with Gasteiger partial charge in [0, 0.05) is 18.8 Å². The third-order valence-corrected chi connectivity index (χ3v) is 3.58. The third kappa shape index (κ3) is 4.81. The van der Waals surface area contributed by atoms with Crippen LogP contribution in [0.4, 0.5) is 4.39 Å². The maximum absolute atomic E-state index is 12.3. The SMILES string of the molecule is CCNC(=NCc1ccccc1-n1nc(C)cc1C)NCCCF. The van der Waals surface area contributed by atoms with Gasteiger partial charge in [0.05, 0.1) is 24.6 Å². The zero-order chi connectivity index (χ0) is 17.4. The number of nitrogens with one attached hydrogen (secondary N) is 2. The molecule has 130 valence electrons. The summed E-state index contributed by atoms with van der Waals surface area (Å²) in [6.07, 6.45) is 0.479. The predicted molar refractivity (Wildman–Crippen MR) is 96.4 cm³/mol. The van der Waals surface area contributed by atoms with Gasteiger partial charge in [0.2, 0.25) is 0 Å². The number of para-hydroxylation sites is 1. The van der Waals surface area contributed by atoms with Crippen LogP contribution in [0.5, 0.6) is 0 Å². The van der Waals surface area contributed by atoms with Gasteiger partial charge in [-0.1, -0.05) is 18.2 Å². The molecule has 0 spiro atoms. The molecule has 0 amide bonds. The van der Waals surface area contributed by atoms with Crippen molar-refractivity contribution in [1.29, 1.82) is 0 Å². The van der Waals surface area contributed by atoms with Gasteiger partial charge in [-0.3, -0.25) is 4.39 Å². The standard InChI is InChI=1S/C18H26FN5/c1-4-20-18(21-11-7-10-19)22-13-16-8-5-6-9-17(16)24-15(3)12-14(2)23-24/h5-6,8-9,12H,4,7,10-11,13H2,1-3H3,(H2,20,21,22). The summed E-state index contributed by atoms with van der Waals surface area (Å²) in [5.41, 5.74) is 4.21. The largest absolute Gasteiger partial charge is 0.357 e. The maximum Gasteiger partial charge on any atom is 0.191 e. The molecule has 0 saturated carbocycles. The molecule has 0 radical (unpaired) electrons. The van der Waals surface area contributed by atoms with Gasteiger partial charge in [0.25, 0.3) is 0 Å². The number of aromatic nitrogens is 2. The first-order valence-corrected chi connectivity index (χ1v) is 8.35. The highest BCUT2D eigenvalue weighted by molar-refractivity contribution is 5.79. The molecular weight excluding hydrogens is 305 g/mol. The second kappa shape index (κ2) is 9.05. The summed E-state index contributed by atoms with van der Waals surface area (Å²) in [7, 11) is 0. The average Bonchev–Trinajstić information content (AvgIpc) is 2.91. The Morgan fingerprint density at radius 2 is 2.04 bits per heavy atom. The van der Waals surface area contributed by atoms with Crippen LogP contribution in [-0.2, 0) is 6.54 Å². The molecule has 0 fully saturated rings. The van der Waals surface area contributed by atoms with E-state index in [1.807, 2.05) is 43.7 Å². The molecule has 1 heterocycles. The molecule has 1 aromatic heterocycles. The predicted octanol–water partition coefficient (Wildman–Crippen LogP) is 2.90. The summed E-state index contributed by atoms with van der Waals surface area (Å²) in [6.45, 7) is 7.58. The number of halogens is 1. The van der Waals surface area contributed by atoms with E-state index in [0.29, 0.717) is 25.5 Å². The van der Waals surface area contributed by atoms with Gasteiger partial charge in [0.15, 0.2) is 5.96 Å². The quantitative estimate of drug-likeness (QED) is 0.466. The Kier molecular flexibility index (Phi) is 6.78. The Morgan fingerprint density at radius 1 is 1.25 bits per heavy atom. The van der Waals surface area contributed by atoms with E-state index < -0.39 is 0 Å². The highest BCUT2D eigenvalue weighted by Crippen LogP contribution is 2.17. The highest BCUT2D eigenvalue weighted by Gasteiger charge is 2.08. The first-order chi connectivity index (χ1) is 11.7. The molecule has 0 aliphatic heterocycles. The molecule has 0 atom stereocenters. The fourth-order valence-corrected chi connectivity index (χ4v) is 2.50. The number of guanidine groups is 1. The van der Waals surface area contributed by atoms with Crippen molar-refractivity contribution in [3.05, 3.63) is 47.3 Å². The number of hydrogen-bond donors (Lipinski definition) is 2. The normalized spacial score (nSPS) is 11.6. The molecule has 1 aromatic carbocycles. The van der Waals surface area contributed by atoms with Crippen molar-refractivity contribution >= 4 is 5.96 Å². The Balaban J connectivity index is 2.19. The van der Waals surface area contributed by atoms with E-state index in [-0.39, 0.29) is 6.67 Å². The number of aryl methyl sites for hydroxylation is 2. The molecular formula is C18H26FN5. The maximum atomic E-state index is 12.3. The molecule has 2 rings (SSSR count). The van der Waals surface area contributed by atoms with Crippen LogP contribution < -0.4 is 10.6 Å². The first kappa shape index (κ1) is 18.0. The lowest BCUT2D eigenvalue weighted by Crippen LogP contribution is -2.37. The number of rotatable bonds is 7. The topological polar surface area (TPSA) is 54.2 Å². The smallest absolute Gasteiger partial charge is 0.191 e. The minimum absolute atomic E-state index is 0.326. The van der Waals surface area contributed by atoms with Crippen molar-refractivity contribution in [2.75, 3.05) is 19.8 Å². The monoisotopic (exact) mass is 331 g/mol. The lowest BCUT2D eigenvalue weighted by atomic mass is 10.2. The van der Waals surface area contributed by atoms with Crippen molar-refractivity contribution in [2.24, 2.45) is 4.99 Å². The number of nitrogens with zero attached hydrogens (tertiary/aromatic N) is 3. The third-order valence-electron chi connectivity index (χ3n) is 3.58. The summed E-state index contributed by atoms with van der Waals surface area (Å²) in [5.74, 6) is 0.703. The van der Waals surface area contributed by atoms with E-state index in [4.69, 9.17) is 0 Å². The average molecular weight is 331 g/mol. The van der Waals surface area contributed by atoms with Crippen LogP contribution in [0, 0.1) is 13.8 Å². The molecule has 24 heavy (non-hydrogen) atoms. The van der Waals surface area contributed by atoms with Gasteiger partial charge in [0.1, 0.15) is 0 Å². The van der Waals surface area contributed by atoms with Crippen LogP contribution in [-0.4, -0.2) is 35.5 Å². The Labute approximate surface area is 143 Å². The van der Waals surface area contributed by atoms with Gasteiger partial charge < -0.3 is 10.6 Å². The van der Waals surface area contributed by atoms with Gasteiger partial charge in [-0.05, 0) is 44.9 Å². The Hall–Kier alpha value is -2.37. The van der Waals surface area contributed by atoms with Crippen LogP contribution in [0.25, 0.3) is 5.69 Å². The number of hydrogen-bond acceptors (Lipinski definition) is 2. The molecule has 2 N–H and O–H groups in total. The first-order valence-electron chi connectivity index (χ1n) is 8.35. The van der Waals surface area contributed by atoms with Crippen molar-refractivity contribution in [3.8, 4) is 5.69 Å². The number of aliphatic imine (C=N–C) groups is 1. The molecule has 0 aliphatic rings. The molecule has 0 bridgehead atoms. The van der Waals surface area contributed by atoms with Crippen LogP contribution in [0.2, 0.25) is 0 Å². The van der Waals surface area contributed by atoms with E-state index in [0.717, 1.165) is 29.2 Å². The van der Waals surface area contributed by atoms with Crippen LogP contribution in [0.1, 0.15) is 30.3 Å². The summed E-state index contributed by atoms with van der Waals surface area (Å²) < 4.78 is 14.2. The van der Waals surface area contributed by atoms with Crippen LogP contribution in [0.15, 0.2) is 35.3 Å². The lowest BCUT2D eigenvalue weighted by Gasteiger charge is -2.12. The molecule has 5 nitrogen and oxygen atoms in total. The Morgan fingerprint density at radius 3 is 2.71 bits per heavy atom. The summed E-state index contributed by atoms with van der Waals surface area (Å²) in [6, 6.07) is 10.2. The zero-order valence-corrected chi connectivity index (χ0v) is 14.6. The van der Waals surface area contributed by atoms with Crippen molar-refractivity contribution < 1.29 is 4.39 Å². The van der Waals surface area contributed by atoms with Crippen LogP contribution in [0.3, 0.4) is 0 Å². The summed E-state index contributed by atoms with van der Waals surface area (Å²) >= 11 is 0. The van der Waals surface area contributed by atoms with E-state index >= 15 is 0 Å². The minimum atomic E-state index is -0.326. The van der Waals surface area contributed by atoms with Gasteiger partial charge in [-0.15, -0.1) is 0 Å². The Bertz CT molecular complexity index is 678. The zero-order valence-electron chi connectivity index (χ0n) is 14.6. The molecule has 0 unspecified atom stereocenters. The summed E-state index contributed by atoms with van der Waals surface area (Å²) in [4.78, 5) is 4.61. The molecule has 0 saturated heterocycles. The second-order valence-corrected chi connectivity index (χ2v) is 5.63. The van der Waals surface area contributed by atoms with E-state index in [1.54, 1.807) is 0 Å². The van der Waals surface area contributed by atoms with E-state index in [9.17, 15) is 4.39 Å². The van der Waals surface area contributed by atoms with Gasteiger partial charge in [-0.25, -0.2) is 9.67 Å². The fraction of sp³-hybridized carbons (Fsp3) is 0.444. The number of alkyl halides is 1. The molecule has 6 heteroatoms. The van der Waals surface area contributed by atoms with E-state index in [2.05, 4.69) is 32.9 Å². The second-order valence-electron chi connectivity index (χ2n) is 5.63. The van der Waals surface area contributed by atoms with Gasteiger partial charge >= 0.3 is 0 Å². The highest BCUT2D eigenvalue weighted by atomic mass is 19.1. The van der Waals surface area contributed by atoms with E-state index in [1.165, 1.54) is 0 Å². The van der Waals surface area contributed by atoms with Crippen molar-refractivity contribution in [2.45, 2.75) is 33.7 Å². The van der Waals surface area contributed by atoms with Gasteiger partial charge in [-0.2, -0.15) is 5.10 Å². The summed E-state index contributed by atoms with van der Waals surface area (Å²) in [5, 5.41) is 10.9. The molecule has 2 aromatic rings. The minimum Gasteiger partial charge on any atom is -0.357 e. The van der Waals surface area contributed by atoms with Crippen molar-refractivity contribution in [3.63, 3.8) is 0 Å². The fourth-order valence-electron chi connectivity index (χ4n) is 2.50. The van der Waals surface area contributed by atoms with Crippen molar-refractivity contribution in [1.82, 2.24) is 20.4 Å².